The minimum atomic E-state index is -3.95. The Morgan fingerprint density at radius 3 is 2.79 bits per heavy atom. The number of fused-ring (bicyclic) bond motifs is 1. The number of hydrogen-bond acceptors (Lipinski definition) is 6. The molecule has 0 radical (unpaired) electrons. The number of benzene rings is 1. The molecular formula is C18H25ClN2O6S. The van der Waals surface area contributed by atoms with Crippen LogP contribution in [0.4, 0.5) is 0 Å². The number of halogens is 1. The third-order valence-electron chi connectivity index (χ3n) is 5.05. The first kappa shape index (κ1) is 21.5. The summed E-state index contributed by atoms with van der Waals surface area (Å²) in [6.45, 7) is 0.0277. The van der Waals surface area contributed by atoms with E-state index in [1.54, 1.807) is 19.2 Å². The van der Waals surface area contributed by atoms with Gasteiger partial charge >= 0.3 is 0 Å². The third kappa shape index (κ3) is 4.67. The van der Waals surface area contributed by atoms with E-state index in [0.717, 1.165) is 0 Å². The summed E-state index contributed by atoms with van der Waals surface area (Å²) in [6, 6.07) is 5.72. The van der Waals surface area contributed by atoms with E-state index in [-0.39, 0.29) is 48.1 Å². The summed E-state index contributed by atoms with van der Waals surface area (Å²) in [5, 5.41) is 12.9. The van der Waals surface area contributed by atoms with Crippen molar-refractivity contribution >= 4 is 27.5 Å². The van der Waals surface area contributed by atoms with Crippen LogP contribution in [0.5, 0.6) is 0 Å². The molecule has 2 aliphatic heterocycles. The number of nitrogens with one attached hydrogen (secondary N) is 1. The molecule has 2 fully saturated rings. The molecule has 8 nitrogen and oxygen atoms in total. The summed E-state index contributed by atoms with van der Waals surface area (Å²) < 4.78 is 39.5. The van der Waals surface area contributed by atoms with Crippen LogP contribution in [0.25, 0.3) is 0 Å². The highest BCUT2D eigenvalue weighted by Gasteiger charge is 2.43. The van der Waals surface area contributed by atoms with Crippen molar-refractivity contribution in [1.29, 1.82) is 0 Å². The molecule has 1 amide bonds. The van der Waals surface area contributed by atoms with Gasteiger partial charge in [0.2, 0.25) is 15.9 Å². The molecule has 0 spiro atoms. The highest BCUT2D eigenvalue weighted by Crippen LogP contribution is 2.33. The fourth-order valence-electron chi connectivity index (χ4n) is 3.66. The fraction of sp³-hybridized carbons (Fsp3) is 0.611. The lowest BCUT2D eigenvalue weighted by atomic mass is 9.96. The zero-order valence-corrected chi connectivity index (χ0v) is 17.2. The maximum Gasteiger partial charge on any atom is 0.244 e. The lowest BCUT2D eigenvalue weighted by Crippen LogP contribution is -2.57. The van der Waals surface area contributed by atoms with Gasteiger partial charge in [-0.15, -0.1) is 0 Å². The van der Waals surface area contributed by atoms with Gasteiger partial charge in [0.1, 0.15) is 4.90 Å². The molecule has 0 aromatic heterocycles. The van der Waals surface area contributed by atoms with Crippen molar-refractivity contribution in [1.82, 2.24) is 9.62 Å². The topological polar surface area (TPSA) is 105 Å². The van der Waals surface area contributed by atoms with E-state index >= 15 is 0 Å². The van der Waals surface area contributed by atoms with E-state index in [1.165, 1.54) is 16.4 Å². The molecule has 4 atom stereocenters. The number of amides is 1. The van der Waals surface area contributed by atoms with Gasteiger partial charge in [-0.25, -0.2) is 8.42 Å². The van der Waals surface area contributed by atoms with E-state index < -0.39 is 28.3 Å². The molecular weight excluding hydrogens is 408 g/mol. The summed E-state index contributed by atoms with van der Waals surface area (Å²) in [5.74, 6) is -0.133. The molecule has 2 aliphatic rings. The lowest BCUT2D eigenvalue weighted by Gasteiger charge is -2.43. The second kappa shape index (κ2) is 9.06. The van der Waals surface area contributed by atoms with Crippen molar-refractivity contribution in [3.05, 3.63) is 29.3 Å². The van der Waals surface area contributed by atoms with Crippen molar-refractivity contribution in [2.45, 2.75) is 48.5 Å². The average Bonchev–Trinajstić information content (AvgIpc) is 2.65. The molecule has 10 heteroatoms. The molecule has 1 aromatic rings. The number of ether oxygens (including phenoxy) is 2. The van der Waals surface area contributed by atoms with Crippen molar-refractivity contribution < 1.29 is 27.8 Å². The second-order valence-corrected chi connectivity index (χ2v) is 9.28. The first-order valence-electron chi connectivity index (χ1n) is 9.21. The molecule has 156 valence electrons. The van der Waals surface area contributed by atoms with Gasteiger partial charge in [-0.3, -0.25) is 4.79 Å². The Labute approximate surface area is 169 Å². The smallest absolute Gasteiger partial charge is 0.244 e. The van der Waals surface area contributed by atoms with Crippen molar-refractivity contribution in [3.63, 3.8) is 0 Å². The highest BCUT2D eigenvalue weighted by atomic mass is 35.5. The van der Waals surface area contributed by atoms with Crippen LogP contribution in [0.2, 0.25) is 5.02 Å². The van der Waals surface area contributed by atoms with Crippen LogP contribution < -0.4 is 5.32 Å². The van der Waals surface area contributed by atoms with Crippen LogP contribution in [0.15, 0.2) is 29.2 Å². The van der Waals surface area contributed by atoms with E-state index in [2.05, 4.69) is 5.32 Å². The van der Waals surface area contributed by atoms with Crippen molar-refractivity contribution in [3.8, 4) is 0 Å². The first-order chi connectivity index (χ1) is 13.3. The average molecular weight is 433 g/mol. The Morgan fingerprint density at radius 2 is 2.07 bits per heavy atom. The van der Waals surface area contributed by atoms with Crippen LogP contribution in [-0.4, -0.2) is 74.9 Å². The van der Waals surface area contributed by atoms with Gasteiger partial charge in [0.05, 0.1) is 49.0 Å². The minimum Gasteiger partial charge on any atom is -0.389 e. The zero-order chi connectivity index (χ0) is 20.3. The Kier molecular flexibility index (Phi) is 6.95. The number of carbonyl (C=O) groups excluding carboxylic acids is 1. The predicted molar refractivity (Wildman–Crippen MR) is 103 cm³/mol. The lowest BCUT2D eigenvalue weighted by molar-refractivity contribution is -0.146. The molecule has 28 heavy (non-hydrogen) atoms. The van der Waals surface area contributed by atoms with Crippen molar-refractivity contribution in [2.24, 2.45) is 0 Å². The van der Waals surface area contributed by atoms with Gasteiger partial charge in [0, 0.05) is 13.6 Å². The maximum absolute atomic E-state index is 13.3. The van der Waals surface area contributed by atoms with E-state index in [9.17, 15) is 18.3 Å². The molecule has 0 bridgehead atoms. The van der Waals surface area contributed by atoms with Crippen LogP contribution in [-0.2, 0) is 24.3 Å². The van der Waals surface area contributed by atoms with Crippen LogP contribution in [0.3, 0.4) is 0 Å². The van der Waals surface area contributed by atoms with E-state index in [4.69, 9.17) is 21.1 Å². The molecule has 0 unspecified atom stereocenters. The molecule has 1 aromatic carbocycles. The number of aliphatic hydroxyl groups is 1. The number of carbonyl (C=O) groups is 1. The Balaban J connectivity index is 1.88. The monoisotopic (exact) mass is 432 g/mol. The molecule has 0 aliphatic carbocycles. The molecule has 2 N–H and O–H groups in total. The minimum absolute atomic E-state index is 0.00122. The van der Waals surface area contributed by atoms with Gasteiger partial charge < -0.3 is 19.9 Å². The van der Waals surface area contributed by atoms with E-state index in [0.29, 0.717) is 12.8 Å². The highest BCUT2D eigenvalue weighted by molar-refractivity contribution is 7.89. The van der Waals surface area contributed by atoms with Gasteiger partial charge in [0.25, 0.3) is 0 Å². The number of aliphatic hydroxyl groups excluding tert-OH is 1. The normalized spacial score (nSPS) is 29.4. The summed E-state index contributed by atoms with van der Waals surface area (Å²) >= 11 is 6.14. The quantitative estimate of drug-likeness (QED) is 0.728. The number of nitrogens with zero attached hydrogens (tertiary/aromatic N) is 1. The molecule has 0 saturated carbocycles. The molecule has 2 heterocycles. The standard InChI is InChI=1S/C18H25ClN2O6S/c1-20-18(23)8-13-6-7-15-16(27-13)11-26-10-12(22)9-21(15)28(24,25)17-5-3-2-4-14(17)19/h2-5,12-13,15-16,22H,6-11H2,1H3,(H,20,23)/t12-,13-,15-,16+/m0/s1. The largest absolute Gasteiger partial charge is 0.389 e. The maximum atomic E-state index is 13.3. The van der Waals surface area contributed by atoms with Crippen molar-refractivity contribution in [2.75, 3.05) is 26.8 Å². The summed E-state index contributed by atoms with van der Waals surface area (Å²) in [5.41, 5.74) is 0. The van der Waals surface area contributed by atoms with Crippen LogP contribution >= 0.6 is 11.6 Å². The van der Waals surface area contributed by atoms with Crippen LogP contribution in [0, 0.1) is 0 Å². The second-order valence-electron chi connectivity index (χ2n) is 7.01. The fourth-order valence-corrected chi connectivity index (χ4v) is 5.87. The molecule has 2 saturated heterocycles. The first-order valence-corrected chi connectivity index (χ1v) is 11.0. The SMILES string of the molecule is CNC(=O)C[C@@H]1CC[C@H]2[C@@H](COC[C@@H](O)CN2S(=O)(=O)c2ccccc2Cl)O1. The van der Waals surface area contributed by atoms with Crippen LogP contribution in [0.1, 0.15) is 19.3 Å². The van der Waals surface area contributed by atoms with Gasteiger partial charge in [-0.2, -0.15) is 4.31 Å². The van der Waals surface area contributed by atoms with Gasteiger partial charge in [0.15, 0.2) is 0 Å². The summed E-state index contributed by atoms with van der Waals surface area (Å²) in [7, 11) is -2.39. The van der Waals surface area contributed by atoms with E-state index in [1.807, 2.05) is 0 Å². The van der Waals surface area contributed by atoms with Gasteiger partial charge in [-0.1, -0.05) is 23.7 Å². The number of sulfonamides is 1. The predicted octanol–water partition coefficient (Wildman–Crippen LogP) is 0.774. The number of hydrogen-bond donors (Lipinski definition) is 2. The third-order valence-corrected chi connectivity index (χ3v) is 7.44. The Morgan fingerprint density at radius 1 is 1.32 bits per heavy atom. The Bertz CT molecular complexity index is 805. The molecule has 3 rings (SSSR count). The number of rotatable bonds is 4. The zero-order valence-electron chi connectivity index (χ0n) is 15.6. The number of β-amino-alcohol motifs (C(OH)–C–C–N with tert-alkyl or cyclic N) is 1. The van der Waals surface area contributed by atoms with Gasteiger partial charge in [-0.05, 0) is 25.0 Å². The summed E-state index contributed by atoms with van der Waals surface area (Å²) in [4.78, 5) is 11.7. The Hall–Kier alpha value is -1.23. The summed E-state index contributed by atoms with van der Waals surface area (Å²) in [6.07, 6.45) is -0.570.